The molecule has 0 spiro atoms. The lowest BCUT2D eigenvalue weighted by atomic mass is 10.3. The SMILES string of the molecule is CNc1nnc(COc2ccc(F)cc2Br)s1. The lowest BCUT2D eigenvalue weighted by Crippen LogP contribution is -1.95. The van der Waals surface area contributed by atoms with Gasteiger partial charge < -0.3 is 10.1 Å². The van der Waals surface area contributed by atoms with Gasteiger partial charge in [-0.15, -0.1) is 10.2 Å². The average molecular weight is 318 g/mol. The number of hydrogen-bond donors (Lipinski definition) is 1. The van der Waals surface area contributed by atoms with Crippen LogP contribution in [0.25, 0.3) is 0 Å². The molecule has 0 saturated heterocycles. The number of rotatable bonds is 4. The molecule has 1 N–H and O–H groups in total. The van der Waals surface area contributed by atoms with Gasteiger partial charge in [0, 0.05) is 7.05 Å². The van der Waals surface area contributed by atoms with Gasteiger partial charge >= 0.3 is 0 Å². The summed E-state index contributed by atoms with van der Waals surface area (Å²) in [6.07, 6.45) is 0. The first-order chi connectivity index (χ1) is 8.19. The van der Waals surface area contributed by atoms with Gasteiger partial charge in [-0.2, -0.15) is 0 Å². The van der Waals surface area contributed by atoms with Crippen molar-refractivity contribution < 1.29 is 9.13 Å². The number of halogens is 2. The summed E-state index contributed by atoms with van der Waals surface area (Å²) in [6.45, 7) is 0.309. The summed E-state index contributed by atoms with van der Waals surface area (Å²) in [5.41, 5.74) is 0. The van der Waals surface area contributed by atoms with Crippen LogP contribution in [0.15, 0.2) is 22.7 Å². The molecule has 2 aromatic rings. The molecule has 2 rings (SSSR count). The summed E-state index contributed by atoms with van der Waals surface area (Å²) in [4.78, 5) is 0. The highest BCUT2D eigenvalue weighted by Crippen LogP contribution is 2.26. The standard InChI is InChI=1S/C10H9BrFN3OS/c1-13-10-15-14-9(17-10)5-16-8-3-2-6(12)4-7(8)11/h2-4H,5H2,1H3,(H,13,15). The summed E-state index contributed by atoms with van der Waals surface area (Å²) in [5.74, 6) is 0.269. The van der Waals surface area contributed by atoms with Crippen molar-refractivity contribution >= 4 is 32.4 Å². The molecule has 1 aromatic heterocycles. The maximum atomic E-state index is 12.8. The molecule has 0 radical (unpaired) electrons. The van der Waals surface area contributed by atoms with Crippen LogP contribution in [0, 0.1) is 5.82 Å². The van der Waals surface area contributed by atoms with Gasteiger partial charge in [-0.25, -0.2) is 4.39 Å². The summed E-state index contributed by atoms with van der Waals surface area (Å²) < 4.78 is 18.9. The topological polar surface area (TPSA) is 47.0 Å². The Labute approximate surface area is 110 Å². The fourth-order valence-electron chi connectivity index (χ4n) is 1.14. The van der Waals surface area contributed by atoms with Crippen molar-refractivity contribution in [2.24, 2.45) is 0 Å². The number of hydrogen-bond acceptors (Lipinski definition) is 5. The fourth-order valence-corrected chi connectivity index (χ4v) is 2.22. The van der Waals surface area contributed by atoms with E-state index in [9.17, 15) is 4.39 Å². The first-order valence-electron chi connectivity index (χ1n) is 4.77. The Hall–Kier alpha value is -1.21. The van der Waals surface area contributed by atoms with Crippen LogP contribution in [0.3, 0.4) is 0 Å². The molecule has 0 unspecified atom stereocenters. The third-order valence-corrected chi connectivity index (χ3v) is 3.46. The van der Waals surface area contributed by atoms with Crippen molar-refractivity contribution in [3.8, 4) is 5.75 Å². The van der Waals surface area contributed by atoms with E-state index in [-0.39, 0.29) is 5.82 Å². The van der Waals surface area contributed by atoms with Gasteiger partial charge in [0.1, 0.15) is 18.2 Å². The van der Waals surface area contributed by atoms with E-state index >= 15 is 0 Å². The summed E-state index contributed by atoms with van der Waals surface area (Å²) in [7, 11) is 1.78. The van der Waals surface area contributed by atoms with Crippen molar-refractivity contribution in [2.45, 2.75) is 6.61 Å². The molecule has 0 aliphatic heterocycles. The maximum Gasteiger partial charge on any atom is 0.205 e. The largest absolute Gasteiger partial charge is 0.485 e. The number of ether oxygens (including phenoxy) is 1. The van der Waals surface area contributed by atoms with Gasteiger partial charge in [0.25, 0.3) is 0 Å². The number of aromatic nitrogens is 2. The van der Waals surface area contributed by atoms with E-state index in [0.29, 0.717) is 16.8 Å². The number of benzene rings is 1. The summed E-state index contributed by atoms with van der Waals surface area (Å²) >= 11 is 4.64. The summed E-state index contributed by atoms with van der Waals surface area (Å²) in [6, 6.07) is 4.27. The monoisotopic (exact) mass is 317 g/mol. The van der Waals surface area contributed by atoms with E-state index in [1.54, 1.807) is 13.1 Å². The van der Waals surface area contributed by atoms with Crippen LogP contribution in [-0.4, -0.2) is 17.2 Å². The molecule has 0 fully saturated rings. The van der Waals surface area contributed by atoms with Crippen molar-refractivity contribution in [3.05, 3.63) is 33.5 Å². The second-order valence-corrected chi connectivity index (χ2v) is 5.03. The number of nitrogens with one attached hydrogen (secondary N) is 1. The molecular formula is C10H9BrFN3OS. The molecule has 90 valence electrons. The van der Waals surface area contributed by atoms with Gasteiger partial charge in [-0.3, -0.25) is 0 Å². The number of anilines is 1. The Kier molecular flexibility index (Phi) is 3.90. The molecule has 1 aromatic carbocycles. The van der Waals surface area contributed by atoms with Crippen LogP contribution in [0.2, 0.25) is 0 Å². The molecule has 0 aliphatic rings. The predicted molar refractivity (Wildman–Crippen MR) is 67.9 cm³/mol. The third-order valence-electron chi connectivity index (χ3n) is 1.93. The van der Waals surface area contributed by atoms with Gasteiger partial charge in [0.05, 0.1) is 4.47 Å². The Morgan fingerprint density at radius 1 is 1.47 bits per heavy atom. The van der Waals surface area contributed by atoms with Crippen LogP contribution >= 0.6 is 27.3 Å². The first-order valence-corrected chi connectivity index (χ1v) is 6.38. The maximum absolute atomic E-state index is 12.8. The molecular weight excluding hydrogens is 309 g/mol. The lowest BCUT2D eigenvalue weighted by Gasteiger charge is -2.05. The van der Waals surface area contributed by atoms with Crippen molar-refractivity contribution in [2.75, 3.05) is 12.4 Å². The van der Waals surface area contributed by atoms with Gasteiger partial charge in [-0.1, -0.05) is 11.3 Å². The van der Waals surface area contributed by atoms with Crippen LogP contribution in [-0.2, 0) is 6.61 Å². The van der Waals surface area contributed by atoms with Gasteiger partial charge in [-0.05, 0) is 34.1 Å². The van der Waals surface area contributed by atoms with E-state index in [4.69, 9.17) is 4.74 Å². The second kappa shape index (κ2) is 5.42. The smallest absolute Gasteiger partial charge is 0.205 e. The van der Waals surface area contributed by atoms with E-state index in [0.717, 1.165) is 10.1 Å². The highest BCUT2D eigenvalue weighted by Gasteiger charge is 2.06. The van der Waals surface area contributed by atoms with E-state index in [1.807, 2.05) is 0 Å². The van der Waals surface area contributed by atoms with Crippen LogP contribution in [0.4, 0.5) is 9.52 Å². The molecule has 0 aliphatic carbocycles. The second-order valence-electron chi connectivity index (χ2n) is 3.11. The minimum absolute atomic E-state index is 0.308. The Morgan fingerprint density at radius 3 is 2.94 bits per heavy atom. The predicted octanol–water partition coefficient (Wildman–Crippen LogP) is 3.06. The fraction of sp³-hybridized carbons (Fsp3) is 0.200. The Morgan fingerprint density at radius 2 is 2.29 bits per heavy atom. The van der Waals surface area contributed by atoms with Crippen LogP contribution < -0.4 is 10.1 Å². The number of nitrogens with zero attached hydrogens (tertiary/aromatic N) is 2. The molecule has 0 atom stereocenters. The van der Waals surface area contributed by atoms with Crippen molar-refractivity contribution in [1.29, 1.82) is 0 Å². The van der Waals surface area contributed by atoms with E-state index < -0.39 is 0 Å². The van der Waals surface area contributed by atoms with Crippen molar-refractivity contribution in [3.63, 3.8) is 0 Å². The zero-order valence-electron chi connectivity index (χ0n) is 8.91. The molecule has 0 amide bonds. The van der Waals surface area contributed by atoms with Crippen molar-refractivity contribution in [1.82, 2.24) is 10.2 Å². The lowest BCUT2D eigenvalue weighted by molar-refractivity contribution is 0.302. The third kappa shape index (κ3) is 3.13. The highest BCUT2D eigenvalue weighted by molar-refractivity contribution is 9.10. The Bertz CT molecular complexity index is 520. The van der Waals surface area contributed by atoms with Gasteiger partial charge in [0.15, 0.2) is 5.01 Å². The molecule has 0 bridgehead atoms. The van der Waals surface area contributed by atoms with E-state index in [1.165, 1.54) is 23.5 Å². The molecule has 1 heterocycles. The molecule has 7 heteroatoms. The Balaban J connectivity index is 2.02. The van der Waals surface area contributed by atoms with E-state index in [2.05, 4.69) is 31.4 Å². The molecule has 0 saturated carbocycles. The van der Waals surface area contributed by atoms with Crippen LogP contribution in [0.5, 0.6) is 5.75 Å². The highest BCUT2D eigenvalue weighted by atomic mass is 79.9. The zero-order chi connectivity index (χ0) is 12.3. The minimum atomic E-state index is -0.308. The summed E-state index contributed by atoms with van der Waals surface area (Å²) in [5, 5.41) is 12.2. The minimum Gasteiger partial charge on any atom is -0.485 e. The van der Waals surface area contributed by atoms with Crippen LogP contribution in [0.1, 0.15) is 5.01 Å². The quantitative estimate of drug-likeness (QED) is 0.941. The molecule has 17 heavy (non-hydrogen) atoms. The first kappa shape index (κ1) is 12.3. The van der Waals surface area contributed by atoms with Gasteiger partial charge in [0.2, 0.25) is 5.13 Å². The average Bonchev–Trinajstić information content (AvgIpc) is 2.76. The zero-order valence-corrected chi connectivity index (χ0v) is 11.3. The normalized spacial score (nSPS) is 10.3. The molecule has 4 nitrogen and oxygen atoms in total.